The van der Waals surface area contributed by atoms with Gasteiger partial charge >= 0.3 is 0 Å². The van der Waals surface area contributed by atoms with Crippen molar-refractivity contribution in [3.63, 3.8) is 0 Å². The summed E-state index contributed by atoms with van der Waals surface area (Å²) in [4.78, 5) is 28.3. The Bertz CT molecular complexity index is 1720. The molecule has 3 aromatic carbocycles. The summed E-state index contributed by atoms with van der Waals surface area (Å²) in [5.74, 6) is -0.113. The molecule has 1 aliphatic carbocycles. The molecule has 1 fully saturated rings. The summed E-state index contributed by atoms with van der Waals surface area (Å²) in [6, 6.07) is 29.3. The van der Waals surface area contributed by atoms with Gasteiger partial charge in [-0.2, -0.15) is 10.4 Å². The molecule has 1 aromatic heterocycles. The van der Waals surface area contributed by atoms with Crippen LogP contribution >= 0.6 is 0 Å². The third-order valence-electron chi connectivity index (χ3n) is 7.90. The topological polar surface area (TPSA) is 88.2 Å². The highest BCUT2D eigenvalue weighted by molar-refractivity contribution is 6.20. The molecule has 4 aromatic rings. The van der Waals surface area contributed by atoms with Crippen molar-refractivity contribution in [2.75, 3.05) is 0 Å². The average Bonchev–Trinajstić information content (AvgIpc) is 3.71. The van der Waals surface area contributed by atoms with E-state index in [0.717, 1.165) is 48.2 Å². The molecule has 0 N–H and O–H groups in total. The largest absolute Gasteiger partial charge is 0.489 e. The van der Waals surface area contributed by atoms with Gasteiger partial charge in [0, 0.05) is 28.9 Å². The van der Waals surface area contributed by atoms with Crippen LogP contribution in [0.2, 0.25) is 0 Å². The molecule has 0 radical (unpaired) electrons. The van der Waals surface area contributed by atoms with Crippen LogP contribution in [0.4, 0.5) is 0 Å². The molecule has 42 heavy (non-hydrogen) atoms. The number of rotatable bonds is 7. The molecule has 7 nitrogen and oxygen atoms in total. The lowest BCUT2D eigenvalue weighted by Crippen LogP contribution is -2.47. The number of hydrogen-bond donors (Lipinski definition) is 0. The van der Waals surface area contributed by atoms with Crippen LogP contribution in [0.3, 0.4) is 0 Å². The Labute approximate surface area is 245 Å². The summed E-state index contributed by atoms with van der Waals surface area (Å²) < 4.78 is 7.75. The summed E-state index contributed by atoms with van der Waals surface area (Å²) in [5, 5.41) is 14.8. The number of hydrogen-bond acceptors (Lipinski definition) is 5. The Morgan fingerprint density at radius 3 is 2.26 bits per heavy atom. The van der Waals surface area contributed by atoms with Crippen LogP contribution < -0.4 is 4.74 Å². The summed E-state index contributed by atoms with van der Waals surface area (Å²) in [6.45, 7) is 2.14. The number of para-hydroxylation sites is 1. The molecule has 1 aliphatic heterocycles. The first-order valence-corrected chi connectivity index (χ1v) is 14.2. The zero-order chi connectivity index (χ0) is 29.1. The van der Waals surface area contributed by atoms with Crippen molar-refractivity contribution in [2.24, 2.45) is 0 Å². The van der Waals surface area contributed by atoms with Crippen molar-refractivity contribution in [3.8, 4) is 28.8 Å². The highest BCUT2D eigenvalue weighted by Crippen LogP contribution is 2.35. The Balaban J connectivity index is 1.39. The number of ether oxygens (including phenoxy) is 1. The van der Waals surface area contributed by atoms with E-state index in [1.165, 1.54) is 4.90 Å². The molecule has 1 saturated carbocycles. The molecule has 0 saturated heterocycles. The second-order valence-electron chi connectivity index (χ2n) is 10.6. The lowest BCUT2D eigenvalue weighted by molar-refractivity contribution is -0.143. The molecule has 0 bridgehead atoms. The van der Waals surface area contributed by atoms with Crippen molar-refractivity contribution in [3.05, 3.63) is 119 Å². The first kappa shape index (κ1) is 27.0. The molecule has 2 aliphatic rings. The molecule has 208 valence electrons. The van der Waals surface area contributed by atoms with Gasteiger partial charge in [-0.1, -0.05) is 61.4 Å². The molecular formula is C35H30N4O3. The van der Waals surface area contributed by atoms with Gasteiger partial charge in [-0.25, -0.2) is 4.68 Å². The molecule has 6 rings (SSSR count). The first-order chi connectivity index (χ1) is 20.5. The minimum absolute atomic E-state index is 0.0182. The summed E-state index contributed by atoms with van der Waals surface area (Å²) in [7, 11) is 0. The minimum Gasteiger partial charge on any atom is -0.489 e. The van der Waals surface area contributed by atoms with Gasteiger partial charge in [-0.15, -0.1) is 0 Å². The molecule has 2 heterocycles. The number of amides is 2. The Morgan fingerprint density at radius 2 is 1.60 bits per heavy atom. The Morgan fingerprint density at radius 1 is 0.929 bits per heavy atom. The van der Waals surface area contributed by atoms with Crippen LogP contribution in [0.5, 0.6) is 5.75 Å². The predicted octanol–water partition coefficient (Wildman–Crippen LogP) is 6.65. The van der Waals surface area contributed by atoms with E-state index in [-0.39, 0.29) is 17.5 Å². The van der Waals surface area contributed by atoms with E-state index in [2.05, 4.69) is 6.07 Å². The van der Waals surface area contributed by atoms with Gasteiger partial charge in [0.15, 0.2) is 0 Å². The van der Waals surface area contributed by atoms with Gasteiger partial charge in [0.2, 0.25) is 0 Å². The Kier molecular flexibility index (Phi) is 7.52. The Hall–Kier alpha value is -5.22. The van der Waals surface area contributed by atoms with Crippen molar-refractivity contribution in [1.29, 1.82) is 5.26 Å². The maximum absolute atomic E-state index is 13.8. The fourth-order valence-corrected chi connectivity index (χ4v) is 5.63. The van der Waals surface area contributed by atoms with Crippen molar-refractivity contribution < 1.29 is 14.3 Å². The fraction of sp³-hybridized carbons (Fsp3) is 0.200. The molecule has 0 atom stereocenters. The van der Waals surface area contributed by atoms with Crippen molar-refractivity contribution >= 4 is 17.9 Å². The predicted molar refractivity (Wildman–Crippen MR) is 160 cm³/mol. The van der Waals surface area contributed by atoms with Gasteiger partial charge in [0.05, 0.1) is 11.4 Å². The number of imide groups is 1. The highest BCUT2D eigenvalue weighted by Gasteiger charge is 2.40. The first-order valence-electron chi connectivity index (χ1n) is 14.2. The molecule has 7 heteroatoms. The van der Waals surface area contributed by atoms with Crippen LogP contribution in [0, 0.1) is 11.3 Å². The van der Waals surface area contributed by atoms with Gasteiger partial charge < -0.3 is 4.74 Å². The fourth-order valence-electron chi connectivity index (χ4n) is 5.63. The van der Waals surface area contributed by atoms with Gasteiger partial charge in [0.25, 0.3) is 11.8 Å². The quantitative estimate of drug-likeness (QED) is 0.188. The number of carbonyl (C=O) groups is 2. The summed E-state index contributed by atoms with van der Waals surface area (Å²) in [6.07, 6.45) is 7.09. The van der Waals surface area contributed by atoms with E-state index < -0.39 is 5.91 Å². The highest BCUT2D eigenvalue weighted by atomic mass is 16.5. The normalized spacial score (nSPS) is 16.8. The van der Waals surface area contributed by atoms with Crippen LogP contribution in [0.1, 0.15) is 43.7 Å². The van der Waals surface area contributed by atoms with E-state index in [1.807, 2.05) is 91.1 Å². The number of aromatic nitrogens is 2. The second-order valence-corrected chi connectivity index (χ2v) is 10.6. The van der Waals surface area contributed by atoms with Crippen molar-refractivity contribution in [2.45, 2.75) is 45.3 Å². The maximum Gasteiger partial charge on any atom is 0.271 e. The minimum atomic E-state index is -0.490. The molecule has 0 spiro atoms. The van der Waals surface area contributed by atoms with E-state index in [9.17, 15) is 14.9 Å². The second kappa shape index (κ2) is 11.7. The van der Waals surface area contributed by atoms with Crippen LogP contribution in [-0.4, -0.2) is 32.5 Å². The van der Waals surface area contributed by atoms with Crippen molar-refractivity contribution in [1.82, 2.24) is 14.7 Å². The lowest BCUT2D eigenvalue weighted by Gasteiger charge is -2.32. The number of nitrogens with zero attached hydrogens (tertiary/aromatic N) is 4. The van der Waals surface area contributed by atoms with Crippen LogP contribution in [0.25, 0.3) is 23.0 Å². The zero-order valence-electron chi connectivity index (χ0n) is 23.4. The van der Waals surface area contributed by atoms with E-state index in [4.69, 9.17) is 9.84 Å². The lowest BCUT2D eigenvalue weighted by atomic mass is 9.92. The number of carbonyl (C=O) groups excluding carboxylic acids is 2. The molecular weight excluding hydrogens is 524 g/mol. The monoisotopic (exact) mass is 554 g/mol. The zero-order valence-corrected chi connectivity index (χ0v) is 23.4. The molecule has 2 amide bonds. The summed E-state index contributed by atoms with van der Waals surface area (Å²) >= 11 is 0. The number of benzene rings is 3. The van der Waals surface area contributed by atoms with E-state index in [0.29, 0.717) is 29.0 Å². The molecule has 0 unspecified atom stereocenters. The van der Waals surface area contributed by atoms with Gasteiger partial charge in [0.1, 0.15) is 24.0 Å². The van der Waals surface area contributed by atoms with E-state index >= 15 is 0 Å². The smallest absolute Gasteiger partial charge is 0.271 e. The van der Waals surface area contributed by atoms with Gasteiger partial charge in [-0.3, -0.25) is 14.5 Å². The van der Waals surface area contributed by atoms with Crippen LogP contribution in [-0.2, 0) is 16.2 Å². The third-order valence-corrected chi connectivity index (χ3v) is 7.90. The standard InChI is InChI=1S/C35H30N4O3/c1-24-31(34(40)39(29-14-8-9-15-29)35(41)32(24)21-36)20-27-22-38(28-12-6-3-7-13-28)37-33(27)26-16-18-30(19-17-26)42-23-25-10-4-2-5-11-25/h2-7,10-13,16-20,22,29H,8-9,14-15,23H2,1H3/b31-20+. The SMILES string of the molecule is CC1=C(C#N)C(=O)N(C2CCCC2)C(=O)/C1=C/c1cn(-c2ccccc2)nc1-c1ccc(OCc2ccccc2)cc1. The third kappa shape index (κ3) is 5.27. The van der Waals surface area contributed by atoms with E-state index in [1.54, 1.807) is 17.7 Å². The average molecular weight is 555 g/mol. The summed E-state index contributed by atoms with van der Waals surface area (Å²) in [5.41, 5.74) is 4.93. The maximum atomic E-state index is 13.8. The van der Waals surface area contributed by atoms with Crippen LogP contribution in [0.15, 0.2) is 108 Å². The van der Waals surface area contributed by atoms with Gasteiger partial charge in [-0.05, 0) is 73.4 Å². The number of nitriles is 1.